The Bertz CT molecular complexity index is 878. The van der Waals surface area contributed by atoms with Crippen LogP contribution < -0.4 is 9.47 Å². The van der Waals surface area contributed by atoms with Crippen molar-refractivity contribution < 1.29 is 14.3 Å². The van der Waals surface area contributed by atoms with Crippen molar-refractivity contribution in [1.29, 1.82) is 5.26 Å². The average molecular weight is 404 g/mol. The van der Waals surface area contributed by atoms with Gasteiger partial charge in [0.25, 0.3) is 5.91 Å². The lowest BCUT2D eigenvalue weighted by molar-refractivity contribution is 0.0943. The SMILES string of the molecule is CCOc1cc(/C=C(\C#N)C(=O)n2nc(C)cc2C)cc(Br)c1OC. The number of hydrogen-bond acceptors (Lipinski definition) is 5. The highest BCUT2D eigenvalue weighted by Crippen LogP contribution is 2.37. The molecule has 1 aromatic heterocycles. The number of rotatable bonds is 5. The molecule has 0 amide bonds. The maximum absolute atomic E-state index is 12.6. The van der Waals surface area contributed by atoms with E-state index in [1.54, 1.807) is 39.2 Å². The molecule has 2 aromatic rings. The van der Waals surface area contributed by atoms with Gasteiger partial charge in [-0.25, -0.2) is 4.68 Å². The van der Waals surface area contributed by atoms with Crippen molar-refractivity contribution in [3.63, 3.8) is 0 Å². The Morgan fingerprint density at radius 1 is 1.40 bits per heavy atom. The molecule has 2 rings (SSSR count). The van der Waals surface area contributed by atoms with Gasteiger partial charge in [0, 0.05) is 5.69 Å². The van der Waals surface area contributed by atoms with Crippen LogP contribution in [0, 0.1) is 25.2 Å². The summed E-state index contributed by atoms with van der Waals surface area (Å²) < 4.78 is 12.8. The summed E-state index contributed by atoms with van der Waals surface area (Å²) in [6.45, 7) is 5.89. The Morgan fingerprint density at radius 3 is 2.64 bits per heavy atom. The molecule has 6 nitrogen and oxygen atoms in total. The van der Waals surface area contributed by atoms with E-state index in [0.717, 1.165) is 0 Å². The van der Waals surface area contributed by atoms with Gasteiger partial charge in [0.2, 0.25) is 0 Å². The van der Waals surface area contributed by atoms with Crippen LogP contribution >= 0.6 is 15.9 Å². The lowest BCUT2D eigenvalue weighted by atomic mass is 10.1. The van der Waals surface area contributed by atoms with Crippen LogP contribution in [0.5, 0.6) is 11.5 Å². The fraction of sp³-hybridized carbons (Fsp3) is 0.278. The smallest absolute Gasteiger partial charge is 0.289 e. The average Bonchev–Trinajstić information content (AvgIpc) is 2.90. The number of hydrogen-bond donors (Lipinski definition) is 0. The Labute approximate surface area is 154 Å². The van der Waals surface area contributed by atoms with Crippen LogP contribution in [0.4, 0.5) is 0 Å². The summed E-state index contributed by atoms with van der Waals surface area (Å²) in [5, 5.41) is 13.5. The summed E-state index contributed by atoms with van der Waals surface area (Å²) in [5.41, 5.74) is 2.01. The van der Waals surface area contributed by atoms with Gasteiger partial charge in [0.1, 0.15) is 11.6 Å². The predicted molar refractivity (Wildman–Crippen MR) is 97.8 cm³/mol. The van der Waals surface area contributed by atoms with Gasteiger partial charge < -0.3 is 9.47 Å². The molecule has 0 radical (unpaired) electrons. The van der Waals surface area contributed by atoms with Gasteiger partial charge in [-0.1, -0.05) is 0 Å². The van der Waals surface area contributed by atoms with Gasteiger partial charge in [-0.2, -0.15) is 10.4 Å². The minimum atomic E-state index is -0.474. The Hall–Kier alpha value is -2.59. The molecule has 0 fully saturated rings. The molecule has 0 aliphatic carbocycles. The van der Waals surface area contributed by atoms with Gasteiger partial charge in [-0.05, 0) is 66.5 Å². The molecule has 0 spiro atoms. The van der Waals surface area contributed by atoms with E-state index >= 15 is 0 Å². The maximum Gasteiger partial charge on any atom is 0.289 e. The van der Waals surface area contributed by atoms with Crippen LogP contribution in [0.3, 0.4) is 0 Å². The van der Waals surface area contributed by atoms with Crippen LogP contribution in [-0.2, 0) is 0 Å². The second kappa shape index (κ2) is 7.99. The number of aryl methyl sites for hydroxylation is 2. The van der Waals surface area contributed by atoms with Crippen molar-refractivity contribution in [2.45, 2.75) is 20.8 Å². The van der Waals surface area contributed by atoms with E-state index in [-0.39, 0.29) is 5.57 Å². The number of nitriles is 1. The first-order chi connectivity index (χ1) is 11.9. The number of benzene rings is 1. The first-order valence-electron chi connectivity index (χ1n) is 7.61. The van der Waals surface area contributed by atoms with Crippen LogP contribution in [0.15, 0.2) is 28.2 Å². The number of nitrogens with zero attached hydrogens (tertiary/aromatic N) is 3. The standard InChI is InChI=1S/C18H18BrN3O3/c1-5-25-16-9-13(8-15(19)17(16)24-4)7-14(10-20)18(23)22-12(3)6-11(2)21-22/h6-9H,5H2,1-4H3/b14-7+. The molecule has 0 unspecified atom stereocenters. The van der Waals surface area contributed by atoms with Crippen molar-refractivity contribution in [2.75, 3.05) is 13.7 Å². The fourth-order valence-corrected chi connectivity index (χ4v) is 3.01. The first kappa shape index (κ1) is 18.7. The van der Waals surface area contributed by atoms with Crippen molar-refractivity contribution in [3.8, 4) is 17.6 Å². The quantitative estimate of drug-likeness (QED) is 0.558. The van der Waals surface area contributed by atoms with E-state index in [1.165, 1.54) is 10.8 Å². The lowest BCUT2D eigenvalue weighted by Crippen LogP contribution is -2.15. The Balaban J connectivity index is 2.48. The monoisotopic (exact) mass is 403 g/mol. The zero-order valence-corrected chi connectivity index (χ0v) is 16.0. The molecule has 130 valence electrons. The van der Waals surface area contributed by atoms with Crippen molar-refractivity contribution in [3.05, 3.63) is 45.2 Å². The third-order valence-corrected chi connectivity index (χ3v) is 3.99. The first-order valence-corrected chi connectivity index (χ1v) is 8.40. The topological polar surface area (TPSA) is 77.1 Å². The molecule has 0 aliphatic rings. The minimum absolute atomic E-state index is 0.0225. The summed E-state index contributed by atoms with van der Waals surface area (Å²) in [6.07, 6.45) is 1.51. The summed E-state index contributed by atoms with van der Waals surface area (Å²) in [5.74, 6) is 0.613. The molecule has 25 heavy (non-hydrogen) atoms. The predicted octanol–water partition coefficient (Wildman–Crippen LogP) is 3.92. The molecular formula is C18H18BrN3O3. The highest BCUT2D eigenvalue weighted by Gasteiger charge is 2.17. The van der Waals surface area contributed by atoms with E-state index in [0.29, 0.717) is 39.5 Å². The minimum Gasteiger partial charge on any atom is -0.492 e. The fourth-order valence-electron chi connectivity index (χ4n) is 2.39. The van der Waals surface area contributed by atoms with Gasteiger partial charge >= 0.3 is 0 Å². The molecule has 1 heterocycles. The molecule has 1 aromatic carbocycles. The van der Waals surface area contributed by atoms with Gasteiger partial charge in [-0.15, -0.1) is 0 Å². The van der Waals surface area contributed by atoms with E-state index < -0.39 is 5.91 Å². The van der Waals surface area contributed by atoms with Crippen molar-refractivity contribution >= 4 is 27.9 Å². The van der Waals surface area contributed by atoms with E-state index in [4.69, 9.17) is 9.47 Å². The van der Waals surface area contributed by atoms with E-state index in [2.05, 4.69) is 21.0 Å². The molecule has 0 atom stereocenters. The van der Waals surface area contributed by atoms with Crippen molar-refractivity contribution in [1.82, 2.24) is 9.78 Å². The number of methoxy groups -OCH3 is 1. The highest BCUT2D eigenvalue weighted by molar-refractivity contribution is 9.10. The largest absolute Gasteiger partial charge is 0.492 e. The van der Waals surface area contributed by atoms with Crippen molar-refractivity contribution in [2.24, 2.45) is 0 Å². The van der Waals surface area contributed by atoms with Crippen LogP contribution in [0.1, 0.15) is 28.7 Å². The van der Waals surface area contributed by atoms with Crippen LogP contribution in [-0.4, -0.2) is 29.4 Å². The summed E-state index contributed by atoms with van der Waals surface area (Å²) >= 11 is 3.42. The molecule has 0 aliphatic heterocycles. The Morgan fingerprint density at radius 2 is 2.12 bits per heavy atom. The highest BCUT2D eigenvalue weighted by atomic mass is 79.9. The number of ether oxygens (including phenoxy) is 2. The number of carbonyl (C=O) groups excluding carboxylic acids is 1. The van der Waals surface area contributed by atoms with Crippen LogP contribution in [0.2, 0.25) is 0 Å². The summed E-state index contributed by atoms with van der Waals surface area (Å²) in [4.78, 5) is 12.6. The molecular weight excluding hydrogens is 386 g/mol. The second-order valence-electron chi connectivity index (χ2n) is 5.28. The van der Waals surface area contributed by atoms with Gasteiger partial charge in [0.15, 0.2) is 11.5 Å². The normalized spacial score (nSPS) is 11.1. The lowest BCUT2D eigenvalue weighted by Gasteiger charge is -2.12. The molecule has 0 saturated heterocycles. The third-order valence-electron chi connectivity index (χ3n) is 3.40. The maximum atomic E-state index is 12.6. The van der Waals surface area contributed by atoms with Gasteiger partial charge in [0.05, 0.1) is 23.9 Å². The zero-order chi connectivity index (χ0) is 18.6. The zero-order valence-electron chi connectivity index (χ0n) is 14.5. The van der Waals surface area contributed by atoms with E-state index in [9.17, 15) is 10.1 Å². The molecule has 0 bridgehead atoms. The second-order valence-corrected chi connectivity index (χ2v) is 6.14. The number of halogens is 1. The number of aromatic nitrogens is 2. The number of carbonyl (C=O) groups is 1. The molecule has 0 N–H and O–H groups in total. The number of allylic oxidation sites excluding steroid dienone is 1. The third kappa shape index (κ3) is 4.09. The van der Waals surface area contributed by atoms with Gasteiger partial charge in [-0.3, -0.25) is 4.79 Å². The van der Waals surface area contributed by atoms with E-state index in [1.807, 2.05) is 13.0 Å². The molecule has 0 saturated carbocycles. The Kier molecular flexibility index (Phi) is 5.99. The molecule has 7 heteroatoms. The van der Waals surface area contributed by atoms with Crippen LogP contribution in [0.25, 0.3) is 6.08 Å². The summed E-state index contributed by atoms with van der Waals surface area (Å²) in [7, 11) is 1.55. The summed E-state index contributed by atoms with van der Waals surface area (Å²) in [6, 6.07) is 7.21.